The summed E-state index contributed by atoms with van der Waals surface area (Å²) in [5, 5.41) is 1.65. The normalized spacial score (nSPS) is 11.0. The highest BCUT2D eigenvalue weighted by Gasteiger charge is 2.08. The average Bonchev–Trinajstić information content (AvgIpc) is 2.68. The number of aryl methyl sites for hydroxylation is 2. The predicted molar refractivity (Wildman–Crippen MR) is 111 cm³/mol. The Morgan fingerprint density at radius 1 is 0.885 bits per heavy atom. The first-order valence-electron chi connectivity index (χ1n) is 9.64. The topological polar surface area (TPSA) is 0 Å². The molecule has 0 heterocycles. The van der Waals surface area contributed by atoms with Gasteiger partial charge in [-0.25, -0.2) is 4.39 Å². The molecule has 0 radical (unpaired) electrons. The van der Waals surface area contributed by atoms with Gasteiger partial charge < -0.3 is 0 Å². The Morgan fingerprint density at radius 3 is 2.38 bits per heavy atom. The molecule has 0 aromatic heterocycles. The molecule has 0 aliphatic rings. The second kappa shape index (κ2) is 8.80. The zero-order valence-corrected chi connectivity index (χ0v) is 15.6. The van der Waals surface area contributed by atoms with Crippen LogP contribution >= 0.6 is 0 Å². The summed E-state index contributed by atoms with van der Waals surface area (Å²) in [5.41, 5.74) is 4.47. The molecular formula is C25H27F. The fourth-order valence-corrected chi connectivity index (χ4v) is 3.41. The maximum atomic E-state index is 14.7. The van der Waals surface area contributed by atoms with Gasteiger partial charge in [0, 0.05) is 5.39 Å². The summed E-state index contributed by atoms with van der Waals surface area (Å²) in [6, 6.07) is 18.7. The van der Waals surface area contributed by atoms with Crippen molar-refractivity contribution >= 4 is 10.8 Å². The average molecular weight is 346 g/mol. The number of hydrogen-bond acceptors (Lipinski definition) is 0. The van der Waals surface area contributed by atoms with Crippen molar-refractivity contribution in [1.82, 2.24) is 0 Å². The van der Waals surface area contributed by atoms with Gasteiger partial charge in [0.1, 0.15) is 5.82 Å². The van der Waals surface area contributed by atoms with Gasteiger partial charge in [-0.15, -0.1) is 6.58 Å². The Bertz CT molecular complexity index is 875. The highest BCUT2D eigenvalue weighted by molar-refractivity contribution is 5.88. The second-order valence-electron chi connectivity index (χ2n) is 6.96. The molecule has 0 amide bonds. The molecule has 3 aromatic rings. The zero-order chi connectivity index (χ0) is 18.4. The van der Waals surface area contributed by atoms with Crippen LogP contribution < -0.4 is 0 Å². The monoisotopic (exact) mass is 346 g/mol. The van der Waals surface area contributed by atoms with Gasteiger partial charge in [-0.3, -0.25) is 0 Å². The van der Waals surface area contributed by atoms with E-state index in [1.807, 2.05) is 30.3 Å². The van der Waals surface area contributed by atoms with Crippen molar-refractivity contribution in [2.24, 2.45) is 0 Å². The molecule has 3 aromatic carbocycles. The van der Waals surface area contributed by atoms with Crippen molar-refractivity contribution < 1.29 is 4.39 Å². The van der Waals surface area contributed by atoms with Gasteiger partial charge in [0.15, 0.2) is 0 Å². The molecule has 0 unspecified atom stereocenters. The minimum absolute atomic E-state index is 0.0952. The van der Waals surface area contributed by atoms with Crippen LogP contribution in [0.2, 0.25) is 0 Å². The second-order valence-corrected chi connectivity index (χ2v) is 6.96. The Morgan fingerprint density at radius 2 is 1.65 bits per heavy atom. The van der Waals surface area contributed by atoms with E-state index in [1.54, 1.807) is 0 Å². The molecule has 0 fully saturated rings. The summed E-state index contributed by atoms with van der Waals surface area (Å²) in [4.78, 5) is 0. The maximum Gasteiger partial charge on any atom is 0.134 e. The summed E-state index contributed by atoms with van der Waals surface area (Å²) in [7, 11) is 0. The lowest BCUT2D eigenvalue weighted by atomic mass is 9.97. The molecule has 26 heavy (non-hydrogen) atoms. The van der Waals surface area contributed by atoms with Crippen molar-refractivity contribution in [3.05, 3.63) is 84.2 Å². The van der Waals surface area contributed by atoms with Crippen molar-refractivity contribution in [1.29, 1.82) is 0 Å². The third-order valence-corrected chi connectivity index (χ3v) is 5.01. The lowest BCUT2D eigenvalue weighted by Gasteiger charge is -2.09. The van der Waals surface area contributed by atoms with Crippen LogP contribution in [0.5, 0.6) is 0 Å². The third kappa shape index (κ3) is 4.22. The summed E-state index contributed by atoms with van der Waals surface area (Å²) >= 11 is 0. The smallest absolute Gasteiger partial charge is 0.134 e. The van der Waals surface area contributed by atoms with Crippen molar-refractivity contribution in [2.75, 3.05) is 0 Å². The number of benzene rings is 3. The molecule has 3 rings (SSSR count). The number of hydrogen-bond donors (Lipinski definition) is 0. The highest BCUT2D eigenvalue weighted by Crippen LogP contribution is 2.28. The van der Waals surface area contributed by atoms with E-state index in [9.17, 15) is 4.39 Å². The molecule has 0 nitrogen and oxygen atoms in total. The van der Waals surface area contributed by atoms with E-state index in [1.165, 1.54) is 30.4 Å². The van der Waals surface area contributed by atoms with Gasteiger partial charge in [0.05, 0.1) is 0 Å². The van der Waals surface area contributed by atoms with Crippen LogP contribution in [0.4, 0.5) is 4.39 Å². The zero-order valence-electron chi connectivity index (χ0n) is 15.6. The lowest BCUT2D eigenvalue weighted by Crippen LogP contribution is -1.92. The molecule has 0 aliphatic heterocycles. The standard InChI is InChI=1S/C25H27F/c1-3-5-7-8-19-10-12-20(13-11-19)22-16-17-24-23(18-22)15-14-21(25(24)26)9-6-4-2/h4,10-18H,2-3,5-9H2,1H3. The predicted octanol–water partition coefficient (Wildman–Crippen LogP) is 7.50. The molecule has 0 bridgehead atoms. The molecule has 0 saturated carbocycles. The van der Waals surface area contributed by atoms with Crippen LogP contribution in [0.3, 0.4) is 0 Å². The first-order chi connectivity index (χ1) is 12.7. The summed E-state index contributed by atoms with van der Waals surface area (Å²) in [6.45, 7) is 5.95. The van der Waals surface area contributed by atoms with Gasteiger partial charge >= 0.3 is 0 Å². The van der Waals surface area contributed by atoms with Gasteiger partial charge in [-0.1, -0.05) is 74.4 Å². The number of allylic oxidation sites excluding steroid dienone is 1. The Hall–Kier alpha value is -2.41. The fourth-order valence-electron chi connectivity index (χ4n) is 3.41. The largest absolute Gasteiger partial charge is 0.206 e. The van der Waals surface area contributed by atoms with Gasteiger partial charge in [0.25, 0.3) is 0 Å². The Kier molecular flexibility index (Phi) is 6.22. The first kappa shape index (κ1) is 18.4. The van der Waals surface area contributed by atoms with E-state index in [0.29, 0.717) is 11.8 Å². The molecule has 134 valence electrons. The molecule has 0 N–H and O–H groups in total. The SMILES string of the molecule is C=CCCc1ccc2cc(-c3ccc(CCCCC)cc3)ccc2c1F. The minimum atomic E-state index is -0.0952. The molecule has 0 atom stereocenters. The third-order valence-electron chi connectivity index (χ3n) is 5.01. The number of halogens is 1. The molecule has 0 saturated heterocycles. The maximum absolute atomic E-state index is 14.7. The number of unbranched alkanes of at least 4 members (excludes halogenated alkanes) is 2. The van der Waals surface area contributed by atoms with Crippen LogP contribution in [0.15, 0.2) is 67.3 Å². The van der Waals surface area contributed by atoms with Crippen LogP contribution in [-0.2, 0) is 12.8 Å². The number of fused-ring (bicyclic) bond motifs is 1. The van der Waals surface area contributed by atoms with Crippen molar-refractivity contribution in [3.8, 4) is 11.1 Å². The van der Waals surface area contributed by atoms with E-state index < -0.39 is 0 Å². The first-order valence-corrected chi connectivity index (χ1v) is 9.64. The molecule has 0 spiro atoms. The van der Waals surface area contributed by atoms with Crippen molar-refractivity contribution in [2.45, 2.75) is 45.4 Å². The fraction of sp³-hybridized carbons (Fsp3) is 0.280. The van der Waals surface area contributed by atoms with Crippen LogP contribution in [0, 0.1) is 5.82 Å². The van der Waals surface area contributed by atoms with E-state index >= 15 is 0 Å². The molecular weight excluding hydrogens is 319 g/mol. The summed E-state index contributed by atoms with van der Waals surface area (Å²) < 4.78 is 14.7. The van der Waals surface area contributed by atoms with E-state index in [0.717, 1.165) is 29.4 Å². The Balaban J connectivity index is 1.83. The van der Waals surface area contributed by atoms with Crippen LogP contribution in [-0.4, -0.2) is 0 Å². The van der Waals surface area contributed by atoms with Crippen LogP contribution in [0.1, 0.15) is 43.7 Å². The molecule has 1 heteroatoms. The highest BCUT2D eigenvalue weighted by atomic mass is 19.1. The van der Waals surface area contributed by atoms with E-state index in [4.69, 9.17) is 0 Å². The summed E-state index contributed by atoms with van der Waals surface area (Å²) in [5.74, 6) is -0.0952. The minimum Gasteiger partial charge on any atom is -0.206 e. The van der Waals surface area contributed by atoms with Crippen LogP contribution in [0.25, 0.3) is 21.9 Å². The van der Waals surface area contributed by atoms with Crippen molar-refractivity contribution in [3.63, 3.8) is 0 Å². The quantitative estimate of drug-likeness (QED) is 0.293. The van der Waals surface area contributed by atoms with Gasteiger partial charge in [-0.2, -0.15) is 0 Å². The van der Waals surface area contributed by atoms with E-state index in [2.05, 4.69) is 43.8 Å². The number of rotatable bonds is 8. The molecule has 0 aliphatic carbocycles. The van der Waals surface area contributed by atoms with E-state index in [-0.39, 0.29) is 5.82 Å². The lowest BCUT2D eigenvalue weighted by molar-refractivity contribution is 0.621. The summed E-state index contributed by atoms with van der Waals surface area (Å²) in [6.07, 6.45) is 8.26. The van der Waals surface area contributed by atoms with Gasteiger partial charge in [0.2, 0.25) is 0 Å². The van der Waals surface area contributed by atoms with Gasteiger partial charge in [-0.05, 0) is 59.4 Å². The Labute approximate surface area is 156 Å².